The van der Waals surface area contributed by atoms with Gasteiger partial charge in [0.05, 0.1) is 5.56 Å². The first-order valence-electron chi connectivity index (χ1n) is 5.93. The molecule has 0 bridgehead atoms. The van der Waals surface area contributed by atoms with Gasteiger partial charge in [0.1, 0.15) is 17.2 Å². The van der Waals surface area contributed by atoms with Gasteiger partial charge < -0.3 is 4.98 Å². The minimum Gasteiger partial charge on any atom is -0.332 e. The lowest BCUT2D eigenvalue weighted by Gasteiger charge is -1.99. The maximum absolute atomic E-state index is 13.9. The van der Waals surface area contributed by atoms with Crippen molar-refractivity contribution in [3.63, 3.8) is 0 Å². The van der Waals surface area contributed by atoms with E-state index in [0.29, 0.717) is 0 Å². The average molecular weight is 274 g/mol. The summed E-state index contributed by atoms with van der Waals surface area (Å²) in [5, 5.41) is 0. The number of imidazole rings is 1. The number of halogens is 1. The summed E-state index contributed by atoms with van der Waals surface area (Å²) in [6, 6.07) is 4.70. The third kappa shape index (κ3) is 1.75. The van der Waals surface area contributed by atoms with Crippen LogP contribution in [-0.4, -0.2) is 19.5 Å². The Bertz CT molecular complexity index is 936. The number of nitrogens with one attached hydrogen (secondary N) is 2. The fourth-order valence-electron chi connectivity index (χ4n) is 2.04. The van der Waals surface area contributed by atoms with E-state index < -0.39 is 17.1 Å². The summed E-state index contributed by atoms with van der Waals surface area (Å²) in [7, 11) is 1.48. The molecule has 0 fully saturated rings. The van der Waals surface area contributed by atoms with Crippen molar-refractivity contribution >= 4 is 11.2 Å². The zero-order valence-electron chi connectivity index (χ0n) is 10.8. The summed E-state index contributed by atoms with van der Waals surface area (Å²) < 4.78 is 15.1. The van der Waals surface area contributed by atoms with Crippen molar-refractivity contribution in [2.75, 3.05) is 0 Å². The smallest absolute Gasteiger partial charge is 0.329 e. The third-order valence-corrected chi connectivity index (χ3v) is 3.13. The van der Waals surface area contributed by atoms with E-state index in [1.54, 1.807) is 19.1 Å². The molecule has 0 atom stereocenters. The minimum atomic E-state index is -0.575. The highest BCUT2D eigenvalue weighted by molar-refractivity contribution is 5.75. The molecule has 0 aliphatic heterocycles. The number of hydrogen-bond donors (Lipinski definition) is 2. The Morgan fingerprint density at radius 1 is 1.25 bits per heavy atom. The molecule has 0 saturated heterocycles. The van der Waals surface area contributed by atoms with Gasteiger partial charge in [-0.1, -0.05) is 6.07 Å². The van der Waals surface area contributed by atoms with Gasteiger partial charge in [-0.25, -0.2) is 14.2 Å². The first-order chi connectivity index (χ1) is 9.47. The fourth-order valence-corrected chi connectivity index (χ4v) is 2.04. The van der Waals surface area contributed by atoms with Crippen molar-refractivity contribution in [1.29, 1.82) is 0 Å². The normalized spacial score (nSPS) is 11.2. The lowest BCUT2D eigenvalue weighted by Crippen LogP contribution is -2.28. The molecule has 0 saturated carbocycles. The van der Waals surface area contributed by atoms with Crippen molar-refractivity contribution in [2.24, 2.45) is 7.05 Å². The lowest BCUT2D eigenvalue weighted by molar-refractivity contribution is 0.629. The van der Waals surface area contributed by atoms with E-state index in [-0.39, 0.29) is 22.6 Å². The number of benzene rings is 1. The van der Waals surface area contributed by atoms with Crippen LogP contribution in [0.15, 0.2) is 27.8 Å². The van der Waals surface area contributed by atoms with Crippen molar-refractivity contribution in [3.8, 4) is 11.4 Å². The van der Waals surface area contributed by atoms with Crippen LogP contribution < -0.4 is 11.2 Å². The van der Waals surface area contributed by atoms with Crippen LogP contribution in [0.2, 0.25) is 0 Å². The van der Waals surface area contributed by atoms with Crippen LogP contribution >= 0.6 is 0 Å². The minimum absolute atomic E-state index is 0.141. The first-order valence-corrected chi connectivity index (χ1v) is 5.93. The van der Waals surface area contributed by atoms with Gasteiger partial charge in [-0.05, 0) is 24.6 Å². The van der Waals surface area contributed by atoms with Gasteiger partial charge in [-0.2, -0.15) is 0 Å². The number of aromatic nitrogens is 4. The Labute approximate surface area is 111 Å². The van der Waals surface area contributed by atoms with Gasteiger partial charge in [-0.3, -0.25) is 14.3 Å². The summed E-state index contributed by atoms with van der Waals surface area (Å²) in [4.78, 5) is 32.2. The van der Waals surface area contributed by atoms with E-state index in [1.807, 2.05) is 0 Å². The van der Waals surface area contributed by atoms with E-state index in [4.69, 9.17) is 0 Å². The predicted octanol–water partition coefficient (Wildman–Crippen LogP) is 1.06. The topological polar surface area (TPSA) is 83.5 Å². The second-order valence-corrected chi connectivity index (χ2v) is 4.59. The highest BCUT2D eigenvalue weighted by atomic mass is 19.1. The molecule has 0 aliphatic rings. The second-order valence-electron chi connectivity index (χ2n) is 4.59. The van der Waals surface area contributed by atoms with E-state index >= 15 is 0 Å². The SMILES string of the molecule is Cc1ccc(-c2nc3c([nH]2)c(=O)[nH]c(=O)n3C)c(F)c1. The molecule has 2 aromatic heterocycles. The first kappa shape index (κ1) is 12.3. The van der Waals surface area contributed by atoms with Gasteiger partial charge >= 0.3 is 5.69 Å². The van der Waals surface area contributed by atoms with E-state index in [1.165, 1.54) is 17.7 Å². The molecule has 7 heteroatoms. The fraction of sp³-hybridized carbons (Fsp3) is 0.154. The molecule has 0 radical (unpaired) electrons. The lowest BCUT2D eigenvalue weighted by atomic mass is 10.1. The maximum Gasteiger partial charge on any atom is 0.329 e. The number of nitrogens with zero attached hydrogens (tertiary/aromatic N) is 2. The molecule has 0 aliphatic carbocycles. The molecule has 20 heavy (non-hydrogen) atoms. The van der Waals surface area contributed by atoms with Crippen molar-refractivity contribution in [2.45, 2.75) is 6.92 Å². The maximum atomic E-state index is 13.9. The molecule has 1 aromatic carbocycles. The molecule has 6 nitrogen and oxygen atoms in total. The van der Waals surface area contributed by atoms with Crippen LogP contribution in [0.3, 0.4) is 0 Å². The Balaban J connectivity index is 2.34. The van der Waals surface area contributed by atoms with Crippen LogP contribution in [0.4, 0.5) is 4.39 Å². The summed E-state index contributed by atoms with van der Waals surface area (Å²) in [5.41, 5.74) is 0.223. The Morgan fingerprint density at radius 3 is 2.70 bits per heavy atom. The molecular formula is C13H11FN4O2. The zero-order chi connectivity index (χ0) is 14.4. The van der Waals surface area contributed by atoms with Crippen molar-refractivity contribution in [1.82, 2.24) is 19.5 Å². The van der Waals surface area contributed by atoms with Crippen LogP contribution in [-0.2, 0) is 7.05 Å². The third-order valence-electron chi connectivity index (χ3n) is 3.13. The molecule has 0 spiro atoms. The van der Waals surface area contributed by atoms with Crippen LogP contribution in [0, 0.1) is 12.7 Å². The van der Waals surface area contributed by atoms with E-state index in [2.05, 4.69) is 15.0 Å². The van der Waals surface area contributed by atoms with Gasteiger partial charge in [0.25, 0.3) is 5.56 Å². The molecule has 0 unspecified atom stereocenters. The van der Waals surface area contributed by atoms with E-state index in [9.17, 15) is 14.0 Å². The van der Waals surface area contributed by atoms with Crippen LogP contribution in [0.1, 0.15) is 5.56 Å². The van der Waals surface area contributed by atoms with Crippen molar-refractivity contribution < 1.29 is 4.39 Å². The Kier molecular flexibility index (Phi) is 2.56. The molecule has 3 rings (SSSR count). The molecule has 3 aromatic rings. The molecule has 102 valence electrons. The number of rotatable bonds is 1. The van der Waals surface area contributed by atoms with Crippen LogP contribution in [0.5, 0.6) is 0 Å². The monoisotopic (exact) mass is 274 g/mol. The number of hydrogen-bond acceptors (Lipinski definition) is 3. The van der Waals surface area contributed by atoms with E-state index in [0.717, 1.165) is 5.56 Å². The van der Waals surface area contributed by atoms with Crippen LogP contribution in [0.25, 0.3) is 22.6 Å². The highest BCUT2D eigenvalue weighted by Crippen LogP contribution is 2.22. The molecular weight excluding hydrogens is 263 g/mol. The summed E-state index contributed by atoms with van der Waals surface area (Å²) >= 11 is 0. The summed E-state index contributed by atoms with van der Waals surface area (Å²) in [6.45, 7) is 1.78. The molecule has 2 N–H and O–H groups in total. The second kappa shape index (κ2) is 4.16. The molecule has 0 amide bonds. The summed E-state index contributed by atoms with van der Waals surface area (Å²) in [5.74, 6) is -0.227. The Morgan fingerprint density at radius 2 is 2.00 bits per heavy atom. The number of fused-ring (bicyclic) bond motifs is 1. The Hall–Kier alpha value is -2.70. The largest absolute Gasteiger partial charge is 0.332 e. The number of aromatic amines is 2. The highest BCUT2D eigenvalue weighted by Gasteiger charge is 2.14. The van der Waals surface area contributed by atoms with Gasteiger partial charge in [0.2, 0.25) is 0 Å². The average Bonchev–Trinajstić information content (AvgIpc) is 2.81. The number of H-pyrrole nitrogens is 2. The predicted molar refractivity (Wildman–Crippen MR) is 72.1 cm³/mol. The van der Waals surface area contributed by atoms with Gasteiger partial charge in [0.15, 0.2) is 5.65 Å². The summed E-state index contributed by atoms with van der Waals surface area (Å²) in [6.07, 6.45) is 0. The quantitative estimate of drug-likeness (QED) is 0.696. The van der Waals surface area contributed by atoms with Crippen molar-refractivity contribution in [3.05, 3.63) is 50.4 Å². The van der Waals surface area contributed by atoms with Gasteiger partial charge in [0, 0.05) is 7.05 Å². The van der Waals surface area contributed by atoms with Gasteiger partial charge in [-0.15, -0.1) is 0 Å². The zero-order valence-corrected chi connectivity index (χ0v) is 10.8. The number of aryl methyl sites for hydroxylation is 2. The molecule has 2 heterocycles. The standard InChI is InChI=1S/C13H11FN4O2/c1-6-3-4-7(8(14)5-6)10-15-9-11(16-10)18(2)13(20)17-12(9)19/h3-5H,1-2H3,(H,15,16)(H,17,19,20).